The van der Waals surface area contributed by atoms with Gasteiger partial charge in [0.1, 0.15) is 0 Å². The first-order chi connectivity index (χ1) is 9.31. The van der Waals surface area contributed by atoms with E-state index in [0.717, 1.165) is 51.4 Å². The second kappa shape index (κ2) is 5.72. The predicted octanol–water partition coefficient (Wildman–Crippen LogP) is 1.87. The Morgan fingerprint density at radius 3 is 2.53 bits per heavy atom. The van der Waals surface area contributed by atoms with Crippen molar-refractivity contribution < 1.29 is 9.53 Å². The first-order valence-electron chi connectivity index (χ1n) is 7.01. The summed E-state index contributed by atoms with van der Waals surface area (Å²) in [6, 6.07) is 8.18. The fourth-order valence-electron chi connectivity index (χ4n) is 2.30. The molecule has 4 heteroatoms. The van der Waals surface area contributed by atoms with Crippen LogP contribution in [0.25, 0.3) is 0 Å². The number of carbonyl (C=O) groups excluding carboxylic acids is 1. The highest BCUT2D eigenvalue weighted by molar-refractivity contribution is 5.93. The van der Waals surface area contributed by atoms with Gasteiger partial charge in [0.05, 0.1) is 13.2 Å². The van der Waals surface area contributed by atoms with E-state index >= 15 is 0 Å². The number of hydrogen-bond acceptors (Lipinski definition) is 3. The Morgan fingerprint density at radius 2 is 1.89 bits per heavy atom. The maximum Gasteiger partial charge on any atom is 0.227 e. The lowest BCUT2D eigenvalue weighted by molar-refractivity contribution is -0.117. The molecule has 1 saturated heterocycles. The highest BCUT2D eigenvalue weighted by Gasteiger charge is 2.29. The molecule has 3 rings (SSSR count). The molecule has 19 heavy (non-hydrogen) atoms. The smallest absolute Gasteiger partial charge is 0.227 e. The molecule has 0 spiro atoms. The van der Waals surface area contributed by atoms with Crippen molar-refractivity contribution in [3.8, 4) is 0 Å². The summed E-state index contributed by atoms with van der Waals surface area (Å²) in [7, 11) is 0. The van der Waals surface area contributed by atoms with Gasteiger partial charge in [0, 0.05) is 31.2 Å². The zero-order valence-corrected chi connectivity index (χ0v) is 11.1. The summed E-state index contributed by atoms with van der Waals surface area (Å²) in [4.78, 5) is 14.0. The Hall–Kier alpha value is -1.39. The maximum absolute atomic E-state index is 11.6. The van der Waals surface area contributed by atoms with Gasteiger partial charge in [-0.3, -0.25) is 9.69 Å². The van der Waals surface area contributed by atoms with Gasteiger partial charge in [-0.15, -0.1) is 0 Å². The van der Waals surface area contributed by atoms with Crippen LogP contribution < -0.4 is 5.32 Å². The van der Waals surface area contributed by atoms with Crippen LogP contribution >= 0.6 is 0 Å². The van der Waals surface area contributed by atoms with Crippen molar-refractivity contribution in [1.29, 1.82) is 0 Å². The lowest BCUT2D eigenvalue weighted by Gasteiger charge is -2.26. The number of anilines is 1. The predicted molar refractivity (Wildman–Crippen MR) is 73.9 cm³/mol. The molecule has 1 aliphatic heterocycles. The van der Waals surface area contributed by atoms with Gasteiger partial charge < -0.3 is 10.1 Å². The molecule has 0 radical (unpaired) electrons. The molecule has 0 unspecified atom stereocenters. The topological polar surface area (TPSA) is 41.6 Å². The van der Waals surface area contributed by atoms with Crippen LogP contribution in [-0.2, 0) is 16.1 Å². The van der Waals surface area contributed by atoms with Crippen LogP contribution in [0.4, 0.5) is 5.69 Å². The van der Waals surface area contributed by atoms with Crippen molar-refractivity contribution in [2.45, 2.75) is 19.4 Å². The van der Waals surface area contributed by atoms with Crippen LogP contribution in [0.5, 0.6) is 0 Å². The minimum absolute atomic E-state index is 0.168. The summed E-state index contributed by atoms with van der Waals surface area (Å²) < 4.78 is 5.34. The van der Waals surface area contributed by atoms with E-state index in [2.05, 4.69) is 22.3 Å². The number of rotatable bonds is 4. The molecule has 1 N–H and O–H groups in total. The van der Waals surface area contributed by atoms with Crippen LogP contribution in [0.3, 0.4) is 0 Å². The van der Waals surface area contributed by atoms with Gasteiger partial charge in [-0.1, -0.05) is 12.1 Å². The average Bonchev–Trinajstić information content (AvgIpc) is 3.27. The summed E-state index contributed by atoms with van der Waals surface area (Å²) in [5, 5.41) is 2.96. The van der Waals surface area contributed by atoms with Crippen molar-refractivity contribution in [2.75, 3.05) is 31.6 Å². The lowest BCUT2D eigenvalue weighted by Crippen LogP contribution is -2.35. The van der Waals surface area contributed by atoms with Crippen LogP contribution in [-0.4, -0.2) is 37.1 Å². The largest absolute Gasteiger partial charge is 0.379 e. The number of amides is 1. The normalized spacial score (nSPS) is 20.2. The monoisotopic (exact) mass is 260 g/mol. The standard InChI is InChI=1S/C15H20N2O2/c18-15(13-3-4-13)16-14-5-1-12(2-6-14)11-17-7-9-19-10-8-17/h1-2,5-6,13H,3-4,7-11H2,(H,16,18). The first kappa shape index (κ1) is 12.6. The van der Waals surface area contributed by atoms with Crippen molar-refractivity contribution in [3.63, 3.8) is 0 Å². The van der Waals surface area contributed by atoms with Gasteiger partial charge in [0.15, 0.2) is 0 Å². The van der Waals surface area contributed by atoms with E-state index < -0.39 is 0 Å². The molecule has 1 aliphatic carbocycles. The molecule has 1 saturated carbocycles. The van der Waals surface area contributed by atoms with Gasteiger partial charge in [-0.05, 0) is 30.5 Å². The van der Waals surface area contributed by atoms with E-state index in [4.69, 9.17) is 4.74 Å². The highest BCUT2D eigenvalue weighted by atomic mass is 16.5. The molecular weight excluding hydrogens is 240 g/mol. The summed E-state index contributed by atoms with van der Waals surface area (Å²) in [6.07, 6.45) is 2.09. The fourth-order valence-corrected chi connectivity index (χ4v) is 2.30. The minimum atomic E-state index is 0.168. The molecule has 1 aromatic carbocycles. The summed E-state index contributed by atoms with van der Waals surface area (Å²) in [5.41, 5.74) is 2.19. The Morgan fingerprint density at radius 1 is 1.21 bits per heavy atom. The molecule has 0 aromatic heterocycles. The number of ether oxygens (including phenoxy) is 1. The molecular formula is C15H20N2O2. The van der Waals surface area contributed by atoms with Gasteiger partial charge in [-0.25, -0.2) is 0 Å². The molecule has 1 aromatic rings. The third-order valence-corrected chi connectivity index (χ3v) is 3.68. The fraction of sp³-hybridized carbons (Fsp3) is 0.533. The van der Waals surface area contributed by atoms with E-state index in [1.54, 1.807) is 0 Å². The zero-order valence-electron chi connectivity index (χ0n) is 11.1. The van der Waals surface area contributed by atoms with E-state index in [9.17, 15) is 4.79 Å². The van der Waals surface area contributed by atoms with Gasteiger partial charge in [0.25, 0.3) is 0 Å². The number of morpholine rings is 1. The molecule has 102 valence electrons. The van der Waals surface area contributed by atoms with E-state index in [1.165, 1.54) is 5.56 Å². The Balaban J connectivity index is 1.54. The third-order valence-electron chi connectivity index (χ3n) is 3.68. The molecule has 1 heterocycles. The Kier molecular flexibility index (Phi) is 3.80. The lowest BCUT2D eigenvalue weighted by atomic mass is 10.2. The van der Waals surface area contributed by atoms with Crippen LogP contribution in [0.2, 0.25) is 0 Å². The van der Waals surface area contributed by atoms with Crippen molar-refractivity contribution >= 4 is 11.6 Å². The van der Waals surface area contributed by atoms with Crippen molar-refractivity contribution in [1.82, 2.24) is 4.90 Å². The molecule has 2 fully saturated rings. The van der Waals surface area contributed by atoms with E-state index in [1.807, 2.05) is 12.1 Å². The Labute approximate surface area is 113 Å². The second-order valence-electron chi connectivity index (χ2n) is 5.35. The van der Waals surface area contributed by atoms with Gasteiger partial charge in [-0.2, -0.15) is 0 Å². The van der Waals surface area contributed by atoms with Gasteiger partial charge >= 0.3 is 0 Å². The molecule has 2 aliphatic rings. The number of nitrogens with one attached hydrogen (secondary N) is 1. The van der Waals surface area contributed by atoms with E-state index in [0.29, 0.717) is 0 Å². The number of hydrogen-bond donors (Lipinski definition) is 1. The molecule has 4 nitrogen and oxygen atoms in total. The zero-order chi connectivity index (χ0) is 13.1. The second-order valence-corrected chi connectivity index (χ2v) is 5.35. The molecule has 0 atom stereocenters. The number of carbonyl (C=O) groups is 1. The third kappa shape index (κ3) is 3.55. The van der Waals surface area contributed by atoms with Crippen molar-refractivity contribution in [3.05, 3.63) is 29.8 Å². The maximum atomic E-state index is 11.6. The summed E-state index contributed by atoms with van der Waals surface area (Å²) in [5.74, 6) is 0.425. The SMILES string of the molecule is O=C(Nc1ccc(CN2CCOCC2)cc1)C1CC1. The Bertz CT molecular complexity index is 434. The number of benzene rings is 1. The molecule has 1 amide bonds. The minimum Gasteiger partial charge on any atom is -0.379 e. The van der Waals surface area contributed by atoms with Gasteiger partial charge in [0.2, 0.25) is 5.91 Å². The average molecular weight is 260 g/mol. The summed E-state index contributed by atoms with van der Waals surface area (Å²) in [6.45, 7) is 4.62. The number of nitrogens with zero attached hydrogens (tertiary/aromatic N) is 1. The van der Waals surface area contributed by atoms with Crippen LogP contribution in [0.15, 0.2) is 24.3 Å². The van der Waals surface area contributed by atoms with Crippen LogP contribution in [0, 0.1) is 5.92 Å². The molecule has 0 bridgehead atoms. The first-order valence-corrected chi connectivity index (χ1v) is 7.01. The van der Waals surface area contributed by atoms with Crippen LogP contribution in [0.1, 0.15) is 18.4 Å². The van der Waals surface area contributed by atoms with E-state index in [-0.39, 0.29) is 11.8 Å². The van der Waals surface area contributed by atoms with Crippen molar-refractivity contribution in [2.24, 2.45) is 5.92 Å². The quantitative estimate of drug-likeness (QED) is 0.898. The summed E-state index contributed by atoms with van der Waals surface area (Å²) >= 11 is 0. The highest BCUT2D eigenvalue weighted by Crippen LogP contribution is 2.30.